The molecular formula is C29H33N3OS. The van der Waals surface area contributed by atoms with Gasteiger partial charge in [0.1, 0.15) is 0 Å². The van der Waals surface area contributed by atoms with Gasteiger partial charge in [-0.3, -0.25) is 4.79 Å². The lowest BCUT2D eigenvalue weighted by Crippen LogP contribution is -2.45. The number of carbonyl (C=O) groups excluding carboxylic acids is 1. The van der Waals surface area contributed by atoms with E-state index in [1.807, 2.05) is 49.0 Å². The van der Waals surface area contributed by atoms with Crippen LogP contribution in [0.4, 0.5) is 11.4 Å². The maximum atomic E-state index is 13.1. The SMILES string of the molecule is CC(C(=O)c1ccccc1)c1ccc2c(c1)N(CCCN1CCN(C)CC1)c1ccccc1S2. The molecule has 1 unspecified atom stereocenters. The van der Waals surface area contributed by atoms with E-state index >= 15 is 0 Å². The molecule has 3 aromatic carbocycles. The first-order valence-electron chi connectivity index (χ1n) is 12.3. The molecule has 0 aromatic heterocycles. The number of ketones is 1. The van der Waals surface area contributed by atoms with Crippen molar-refractivity contribution in [3.05, 3.63) is 83.9 Å². The third kappa shape index (κ3) is 4.92. The topological polar surface area (TPSA) is 26.8 Å². The molecule has 0 radical (unpaired) electrons. The fourth-order valence-electron chi connectivity index (χ4n) is 4.88. The summed E-state index contributed by atoms with van der Waals surface area (Å²) in [4.78, 5) is 23.2. The van der Waals surface area contributed by atoms with Gasteiger partial charge < -0.3 is 14.7 Å². The molecule has 4 nitrogen and oxygen atoms in total. The summed E-state index contributed by atoms with van der Waals surface area (Å²) in [6.45, 7) is 8.74. The van der Waals surface area contributed by atoms with Crippen LogP contribution in [0.15, 0.2) is 82.6 Å². The number of para-hydroxylation sites is 1. The van der Waals surface area contributed by atoms with Crippen LogP contribution in [0.3, 0.4) is 0 Å². The highest BCUT2D eigenvalue weighted by Gasteiger charge is 2.26. The van der Waals surface area contributed by atoms with Crippen molar-refractivity contribution in [3.63, 3.8) is 0 Å². The second-order valence-corrected chi connectivity index (χ2v) is 10.5. The van der Waals surface area contributed by atoms with Crippen molar-refractivity contribution in [2.45, 2.75) is 29.1 Å². The number of piperazine rings is 1. The minimum Gasteiger partial charge on any atom is -0.340 e. The van der Waals surface area contributed by atoms with E-state index in [9.17, 15) is 4.79 Å². The van der Waals surface area contributed by atoms with Crippen LogP contribution in [0, 0.1) is 0 Å². The van der Waals surface area contributed by atoms with E-state index in [1.165, 1.54) is 21.2 Å². The lowest BCUT2D eigenvalue weighted by molar-refractivity contribution is 0.0966. The molecule has 2 aliphatic rings. The zero-order chi connectivity index (χ0) is 23.5. The molecule has 3 aromatic rings. The molecule has 1 fully saturated rings. The Kier molecular flexibility index (Phi) is 7.05. The molecule has 5 rings (SSSR count). The summed E-state index contributed by atoms with van der Waals surface area (Å²) < 4.78 is 0. The molecule has 5 heteroatoms. The highest BCUT2D eigenvalue weighted by atomic mass is 32.2. The van der Waals surface area contributed by atoms with E-state index in [1.54, 1.807) is 0 Å². The van der Waals surface area contributed by atoms with E-state index in [2.05, 4.69) is 64.2 Å². The highest BCUT2D eigenvalue weighted by Crippen LogP contribution is 2.48. The fraction of sp³-hybridized carbons (Fsp3) is 0.345. The van der Waals surface area contributed by atoms with Crippen LogP contribution < -0.4 is 4.90 Å². The number of hydrogen-bond donors (Lipinski definition) is 0. The van der Waals surface area contributed by atoms with Crippen LogP contribution in [0.5, 0.6) is 0 Å². The van der Waals surface area contributed by atoms with Gasteiger partial charge in [-0.25, -0.2) is 0 Å². The predicted octanol–water partition coefficient (Wildman–Crippen LogP) is 5.91. The Morgan fingerprint density at radius 1 is 0.853 bits per heavy atom. The molecule has 0 bridgehead atoms. The van der Waals surface area contributed by atoms with Crippen LogP contribution >= 0.6 is 11.8 Å². The molecule has 2 aliphatic heterocycles. The van der Waals surface area contributed by atoms with Gasteiger partial charge in [-0.1, -0.05) is 67.2 Å². The second kappa shape index (κ2) is 10.3. The van der Waals surface area contributed by atoms with Gasteiger partial charge in [0.25, 0.3) is 0 Å². The molecule has 1 atom stereocenters. The van der Waals surface area contributed by atoms with Gasteiger partial charge in [0.15, 0.2) is 5.78 Å². The highest BCUT2D eigenvalue weighted by molar-refractivity contribution is 7.99. The van der Waals surface area contributed by atoms with Crippen molar-refractivity contribution >= 4 is 28.9 Å². The number of fused-ring (bicyclic) bond motifs is 2. The molecular weight excluding hydrogens is 438 g/mol. The van der Waals surface area contributed by atoms with E-state index in [-0.39, 0.29) is 11.7 Å². The number of likely N-dealkylation sites (N-methyl/N-ethyl adjacent to an activating group) is 1. The van der Waals surface area contributed by atoms with Crippen molar-refractivity contribution in [2.24, 2.45) is 0 Å². The largest absolute Gasteiger partial charge is 0.340 e. The Morgan fingerprint density at radius 2 is 1.56 bits per heavy atom. The minimum absolute atomic E-state index is 0.172. The summed E-state index contributed by atoms with van der Waals surface area (Å²) >= 11 is 1.83. The average Bonchev–Trinajstić information content (AvgIpc) is 2.88. The summed E-state index contributed by atoms with van der Waals surface area (Å²) in [5.74, 6) is -0.00640. The second-order valence-electron chi connectivity index (χ2n) is 9.40. The van der Waals surface area contributed by atoms with Crippen LogP contribution in [-0.4, -0.2) is 61.9 Å². The van der Waals surface area contributed by atoms with Crippen molar-refractivity contribution < 1.29 is 4.79 Å². The molecule has 2 heterocycles. The molecule has 176 valence electrons. The number of Topliss-reactive ketones (excluding diaryl/α,β-unsaturated/α-hetero) is 1. The van der Waals surface area contributed by atoms with Gasteiger partial charge >= 0.3 is 0 Å². The Hall–Kier alpha value is -2.60. The number of benzene rings is 3. The van der Waals surface area contributed by atoms with E-state index in [0.29, 0.717) is 0 Å². The maximum absolute atomic E-state index is 13.1. The Balaban J connectivity index is 1.38. The number of anilines is 2. The number of carbonyl (C=O) groups is 1. The van der Waals surface area contributed by atoms with Crippen molar-refractivity contribution in [1.29, 1.82) is 0 Å². The molecule has 0 spiro atoms. The van der Waals surface area contributed by atoms with E-state index < -0.39 is 0 Å². The van der Waals surface area contributed by atoms with Crippen molar-refractivity contribution in [1.82, 2.24) is 9.80 Å². The first kappa shape index (κ1) is 23.2. The van der Waals surface area contributed by atoms with Crippen LogP contribution in [0.1, 0.15) is 35.2 Å². The van der Waals surface area contributed by atoms with Crippen LogP contribution in [0.25, 0.3) is 0 Å². The van der Waals surface area contributed by atoms with Gasteiger partial charge in [-0.15, -0.1) is 0 Å². The maximum Gasteiger partial charge on any atom is 0.170 e. The summed E-state index contributed by atoms with van der Waals surface area (Å²) in [5.41, 5.74) is 4.36. The predicted molar refractivity (Wildman–Crippen MR) is 142 cm³/mol. The Morgan fingerprint density at radius 3 is 2.35 bits per heavy atom. The first-order chi connectivity index (χ1) is 16.6. The standard InChI is InChI=1S/C29H33N3OS/c1-22(29(33)23-9-4-3-5-10-23)24-13-14-28-26(21-24)32(25-11-6-7-12-27(25)34-28)16-8-15-31-19-17-30(2)18-20-31/h3-7,9-14,21-22H,8,15-20H2,1-2H3. The first-order valence-corrected chi connectivity index (χ1v) is 13.1. The zero-order valence-electron chi connectivity index (χ0n) is 20.1. The Labute approximate surface area is 207 Å². The summed E-state index contributed by atoms with van der Waals surface area (Å²) in [7, 11) is 2.21. The zero-order valence-corrected chi connectivity index (χ0v) is 20.9. The molecule has 1 saturated heterocycles. The van der Waals surface area contributed by atoms with Gasteiger partial charge in [0.05, 0.1) is 11.4 Å². The molecule has 0 N–H and O–H groups in total. The van der Waals surface area contributed by atoms with E-state index in [4.69, 9.17) is 0 Å². The van der Waals surface area contributed by atoms with Gasteiger partial charge in [0.2, 0.25) is 0 Å². The third-order valence-corrected chi connectivity index (χ3v) is 8.18. The molecule has 0 saturated carbocycles. The molecule has 34 heavy (non-hydrogen) atoms. The fourth-order valence-corrected chi connectivity index (χ4v) is 5.96. The number of nitrogens with zero attached hydrogens (tertiary/aromatic N) is 3. The normalized spacial score (nSPS) is 17.2. The van der Waals surface area contributed by atoms with Gasteiger partial charge in [-0.05, 0) is 49.8 Å². The average molecular weight is 472 g/mol. The van der Waals surface area contributed by atoms with Crippen LogP contribution in [-0.2, 0) is 0 Å². The van der Waals surface area contributed by atoms with Crippen molar-refractivity contribution in [3.8, 4) is 0 Å². The number of hydrogen-bond acceptors (Lipinski definition) is 5. The smallest absolute Gasteiger partial charge is 0.170 e. The van der Waals surface area contributed by atoms with Crippen LogP contribution in [0.2, 0.25) is 0 Å². The van der Waals surface area contributed by atoms with Gasteiger partial charge in [0, 0.05) is 54.0 Å². The lowest BCUT2D eigenvalue weighted by atomic mass is 9.92. The summed E-state index contributed by atoms with van der Waals surface area (Å²) in [6, 6.07) is 24.9. The Bertz CT molecular complexity index is 1140. The molecule has 0 amide bonds. The lowest BCUT2D eigenvalue weighted by Gasteiger charge is -2.35. The quantitative estimate of drug-likeness (QED) is 0.399. The minimum atomic E-state index is -0.179. The summed E-state index contributed by atoms with van der Waals surface area (Å²) in [6.07, 6.45) is 1.12. The van der Waals surface area contributed by atoms with Crippen molar-refractivity contribution in [2.75, 3.05) is 51.2 Å². The van der Waals surface area contributed by atoms with E-state index in [0.717, 1.165) is 56.8 Å². The number of rotatable bonds is 7. The summed E-state index contributed by atoms with van der Waals surface area (Å²) in [5, 5.41) is 0. The van der Waals surface area contributed by atoms with Gasteiger partial charge in [-0.2, -0.15) is 0 Å². The molecule has 0 aliphatic carbocycles. The monoisotopic (exact) mass is 471 g/mol. The third-order valence-electron chi connectivity index (χ3n) is 7.05.